The first-order valence-electron chi connectivity index (χ1n) is 4.66. The third kappa shape index (κ3) is 2.07. The Morgan fingerprint density at radius 3 is 2.67 bits per heavy atom. The van der Waals surface area contributed by atoms with Gasteiger partial charge in [0.15, 0.2) is 4.77 Å². The smallest absolute Gasteiger partial charge is 0.199 e. The Balaban J connectivity index is 2.32. The maximum Gasteiger partial charge on any atom is 0.199 e. The van der Waals surface area contributed by atoms with E-state index in [4.69, 9.17) is 17.0 Å². The molecule has 1 aromatic heterocycles. The number of aromatic amines is 1. The Morgan fingerprint density at radius 2 is 2.13 bits per heavy atom. The van der Waals surface area contributed by atoms with Gasteiger partial charge in [-0.15, -0.1) is 0 Å². The molecule has 2 rings (SSSR count). The lowest BCUT2D eigenvalue weighted by atomic mass is 10.3. The van der Waals surface area contributed by atoms with E-state index < -0.39 is 0 Å². The number of hydrogen-bond donors (Lipinski definition) is 1. The molecule has 0 spiro atoms. The zero-order valence-corrected chi connectivity index (χ0v) is 9.12. The lowest BCUT2D eigenvalue weighted by Crippen LogP contribution is -1.94. The molecule has 0 unspecified atom stereocenters. The van der Waals surface area contributed by atoms with Crippen LogP contribution in [0.25, 0.3) is 5.69 Å². The number of nitrogens with zero attached hydrogens (tertiary/aromatic N) is 2. The van der Waals surface area contributed by atoms with Crippen LogP contribution < -0.4 is 4.74 Å². The normalized spacial score (nSPS) is 10.2. The van der Waals surface area contributed by atoms with E-state index in [0.717, 1.165) is 11.4 Å². The Labute approximate surface area is 92.5 Å². The average Bonchev–Trinajstić information content (AvgIpc) is 2.66. The third-order valence-corrected chi connectivity index (χ3v) is 2.27. The minimum Gasteiger partial charge on any atom is -0.494 e. The highest BCUT2D eigenvalue weighted by atomic mass is 32.1. The maximum atomic E-state index is 5.35. The highest BCUT2D eigenvalue weighted by Gasteiger charge is 1.98. The molecular weight excluding hydrogens is 210 g/mol. The summed E-state index contributed by atoms with van der Waals surface area (Å²) in [5, 5.41) is 6.56. The van der Waals surface area contributed by atoms with Crippen LogP contribution in [-0.2, 0) is 0 Å². The molecule has 0 saturated carbocycles. The molecule has 1 heterocycles. The van der Waals surface area contributed by atoms with E-state index in [9.17, 15) is 0 Å². The van der Waals surface area contributed by atoms with Gasteiger partial charge in [-0.05, 0) is 43.4 Å². The van der Waals surface area contributed by atoms with Crippen LogP contribution in [-0.4, -0.2) is 21.4 Å². The van der Waals surface area contributed by atoms with Crippen molar-refractivity contribution in [2.45, 2.75) is 6.92 Å². The number of aromatic nitrogens is 3. The van der Waals surface area contributed by atoms with E-state index in [1.807, 2.05) is 31.2 Å². The standard InChI is InChI=1S/C10H11N3OS/c1-2-14-9-5-3-8(4-6-9)13-7-11-12-10(13)15/h3-7H,2H2,1H3,(H,12,15). The Morgan fingerprint density at radius 1 is 1.40 bits per heavy atom. The van der Waals surface area contributed by atoms with Gasteiger partial charge in [0.2, 0.25) is 0 Å². The second kappa shape index (κ2) is 4.27. The molecule has 0 saturated heterocycles. The fourth-order valence-corrected chi connectivity index (χ4v) is 1.51. The molecule has 0 radical (unpaired) electrons. The summed E-state index contributed by atoms with van der Waals surface area (Å²) < 4.78 is 7.73. The molecule has 0 atom stereocenters. The van der Waals surface area contributed by atoms with Crippen LogP contribution in [0, 0.1) is 4.77 Å². The molecule has 78 valence electrons. The molecule has 0 bridgehead atoms. The van der Waals surface area contributed by atoms with Crippen molar-refractivity contribution < 1.29 is 4.74 Å². The van der Waals surface area contributed by atoms with Gasteiger partial charge in [0.25, 0.3) is 0 Å². The fraction of sp³-hybridized carbons (Fsp3) is 0.200. The van der Waals surface area contributed by atoms with Crippen LogP contribution in [0.15, 0.2) is 30.6 Å². The summed E-state index contributed by atoms with van der Waals surface area (Å²) in [4.78, 5) is 0. The molecular formula is C10H11N3OS. The van der Waals surface area contributed by atoms with Gasteiger partial charge in [0.05, 0.1) is 6.61 Å². The van der Waals surface area contributed by atoms with Crippen molar-refractivity contribution in [2.75, 3.05) is 6.61 Å². The van der Waals surface area contributed by atoms with E-state index in [-0.39, 0.29) is 0 Å². The quantitative estimate of drug-likeness (QED) is 0.809. The summed E-state index contributed by atoms with van der Waals surface area (Å²) in [7, 11) is 0. The van der Waals surface area contributed by atoms with E-state index in [2.05, 4.69) is 10.2 Å². The first-order valence-corrected chi connectivity index (χ1v) is 5.07. The number of rotatable bonds is 3. The molecule has 1 aromatic carbocycles. The number of ether oxygens (including phenoxy) is 1. The van der Waals surface area contributed by atoms with Crippen molar-refractivity contribution in [1.29, 1.82) is 0 Å². The lowest BCUT2D eigenvalue weighted by Gasteiger charge is -2.04. The number of H-pyrrole nitrogens is 1. The second-order valence-corrected chi connectivity index (χ2v) is 3.35. The summed E-state index contributed by atoms with van der Waals surface area (Å²) >= 11 is 5.07. The molecule has 0 aliphatic carbocycles. The second-order valence-electron chi connectivity index (χ2n) is 2.96. The Bertz CT molecular complexity index is 486. The molecule has 0 aliphatic heterocycles. The van der Waals surface area contributed by atoms with Crippen molar-refractivity contribution in [3.8, 4) is 11.4 Å². The zero-order chi connectivity index (χ0) is 10.7. The zero-order valence-electron chi connectivity index (χ0n) is 8.30. The summed E-state index contributed by atoms with van der Waals surface area (Å²) in [6.45, 7) is 2.63. The number of nitrogens with one attached hydrogen (secondary N) is 1. The van der Waals surface area contributed by atoms with Gasteiger partial charge in [-0.3, -0.25) is 9.67 Å². The highest BCUT2D eigenvalue weighted by Crippen LogP contribution is 2.14. The molecule has 2 aromatic rings. The predicted octanol–water partition coefficient (Wildman–Crippen LogP) is 2.33. The van der Waals surface area contributed by atoms with Crippen LogP contribution in [0.5, 0.6) is 5.75 Å². The molecule has 4 nitrogen and oxygen atoms in total. The topological polar surface area (TPSA) is 42.8 Å². The minimum atomic E-state index is 0.583. The van der Waals surface area contributed by atoms with Gasteiger partial charge in [-0.25, -0.2) is 0 Å². The van der Waals surface area contributed by atoms with Gasteiger partial charge in [0.1, 0.15) is 12.1 Å². The molecule has 0 amide bonds. The van der Waals surface area contributed by atoms with Crippen molar-refractivity contribution in [1.82, 2.24) is 14.8 Å². The third-order valence-electron chi connectivity index (χ3n) is 1.98. The summed E-state index contributed by atoms with van der Waals surface area (Å²) in [6.07, 6.45) is 1.65. The van der Waals surface area contributed by atoms with Crippen LogP contribution in [0.1, 0.15) is 6.92 Å². The highest BCUT2D eigenvalue weighted by molar-refractivity contribution is 7.71. The van der Waals surface area contributed by atoms with Gasteiger partial charge >= 0.3 is 0 Å². The largest absolute Gasteiger partial charge is 0.494 e. The van der Waals surface area contributed by atoms with Crippen LogP contribution in [0.2, 0.25) is 0 Å². The summed E-state index contributed by atoms with van der Waals surface area (Å²) in [5.41, 5.74) is 0.970. The summed E-state index contributed by atoms with van der Waals surface area (Å²) in [5.74, 6) is 0.858. The van der Waals surface area contributed by atoms with E-state index in [0.29, 0.717) is 11.4 Å². The molecule has 0 fully saturated rings. The fourth-order valence-electron chi connectivity index (χ4n) is 1.30. The van der Waals surface area contributed by atoms with E-state index >= 15 is 0 Å². The van der Waals surface area contributed by atoms with Crippen LogP contribution in [0.4, 0.5) is 0 Å². The first kappa shape index (κ1) is 9.92. The van der Waals surface area contributed by atoms with Gasteiger partial charge in [0, 0.05) is 5.69 Å². The lowest BCUT2D eigenvalue weighted by molar-refractivity contribution is 0.340. The van der Waals surface area contributed by atoms with Crippen LogP contribution in [0.3, 0.4) is 0 Å². The van der Waals surface area contributed by atoms with E-state index in [1.165, 1.54) is 0 Å². The SMILES string of the molecule is CCOc1ccc(-n2cn[nH]c2=S)cc1. The van der Waals surface area contributed by atoms with E-state index in [1.54, 1.807) is 10.9 Å². The van der Waals surface area contributed by atoms with Crippen molar-refractivity contribution >= 4 is 12.2 Å². The van der Waals surface area contributed by atoms with Crippen molar-refractivity contribution in [3.05, 3.63) is 35.4 Å². The van der Waals surface area contributed by atoms with Gasteiger partial charge in [-0.2, -0.15) is 5.10 Å². The number of hydrogen-bond acceptors (Lipinski definition) is 3. The molecule has 5 heteroatoms. The van der Waals surface area contributed by atoms with Gasteiger partial charge in [-0.1, -0.05) is 0 Å². The molecule has 0 aliphatic rings. The Hall–Kier alpha value is -1.62. The monoisotopic (exact) mass is 221 g/mol. The molecule has 1 N–H and O–H groups in total. The van der Waals surface area contributed by atoms with Gasteiger partial charge < -0.3 is 4.74 Å². The summed E-state index contributed by atoms with van der Waals surface area (Å²) in [6, 6.07) is 7.70. The van der Waals surface area contributed by atoms with Crippen LogP contribution >= 0.6 is 12.2 Å². The number of benzene rings is 1. The predicted molar refractivity (Wildman–Crippen MR) is 59.9 cm³/mol. The first-order chi connectivity index (χ1) is 7.31. The average molecular weight is 221 g/mol. The van der Waals surface area contributed by atoms with Crippen molar-refractivity contribution in [3.63, 3.8) is 0 Å². The van der Waals surface area contributed by atoms with Crippen molar-refractivity contribution in [2.24, 2.45) is 0 Å². The Kier molecular flexibility index (Phi) is 2.82. The molecule has 15 heavy (non-hydrogen) atoms. The minimum absolute atomic E-state index is 0.583. The maximum absolute atomic E-state index is 5.35.